The van der Waals surface area contributed by atoms with Gasteiger partial charge in [-0.25, -0.2) is 4.98 Å². The van der Waals surface area contributed by atoms with E-state index in [0.29, 0.717) is 0 Å². The lowest BCUT2D eigenvalue weighted by atomic mass is 9.79. The second-order valence-electron chi connectivity index (χ2n) is 5.10. The van der Waals surface area contributed by atoms with Crippen molar-refractivity contribution < 1.29 is 0 Å². The van der Waals surface area contributed by atoms with Crippen LogP contribution in [-0.4, -0.2) is 9.97 Å². The molecule has 1 unspecified atom stereocenters. The van der Waals surface area contributed by atoms with Crippen LogP contribution in [0.4, 0.5) is 0 Å². The van der Waals surface area contributed by atoms with Crippen molar-refractivity contribution in [2.24, 2.45) is 0 Å². The summed E-state index contributed by atoms with van der Waals surface area (Å²) in [5.74, 6) is 0.883. The largest absolute Gasteiger partial charge is 0.345 e. The minimum Gasteiger partial charge on any atom is -0.345 e. The first-order chi connectivity index (χ1) is 8.16. The van der Waals surface area contributed by atoms with Gasteiger partial charge >= 0.3 is 0 Å². The highest BCUT2D eigenvalue weighted by Gasteiger charge is 2.26. The number of unbranched alkanes of at least 4 members (excludes halogenated alkanes) is 3. The lowest BCUT2D eigenvalue weighted by Crippen LogP contribution is -2.21. The molecule has 0 aliphatic rings. The molecule has 0 amide bonds. The Morgan fingerprint density at radius 1 is 1.35 bits per heavy atom. The third kappa shape index (κ3) is 3.72. The molecule has 0 bridgehead atoms. The molecular formula is C15H26N2. The molecule has 0 spiro atoms. The molecule has 0 aromatic carbocycles. The molecule has 0 radical (unpaired) electrons. The Morgan fingerprint density at radius 3 is 2.65 bits per heavy atom. The number of imidazole rings is 1. The Labute approximate surface area is 106 Å². The summed E-state index contributed by atoms with van der Waals surface area (Å²) in [5.41, 5.74) is 1.40. The van der Waals surface area contributed by atoms with Crippen molar-refractivity contribution in [3.05, 3.63) is 24.3 Å². The first-order valence-electron chi connectivity index (χ1n) is 6.84. The lowest BCUT2D eigenvalue weighted by molar-refractivity contribution is 0.387. The molecule has 0 aliphatic carbocycles. The third-order valence-corrected chi connectivity index (χ3v) is 3.77. The van der Waals surface area contributed by atoms with E-state index in [-0.39, 0.29) is 5.41 Å². The van der Waals surface area contributed by atoms with E-state index in [4.69, 9.17) is 0 Å². The molecule has 1 heterocycles. The monoisotopic (exact) mass is 234 g/mol. The Morgan fingerprint density at radius 2 is 2.12 bits per heavy atom. The van der Waals surface area contributed by atoms with Crippen LogP contribution >= 0.6 is 0 Å². The van der Waals surface area contributed by atoms with Crippen molar-refractivity contribution in [3.8, 4) is 0 Å². The molecule has 0 saturated carbocycles. The summed E-state index contributed by atoms with van der Waals surface area (Å²) in [6.45, 7) is 10.6. The number of hydrogen-bond acceptors (Lipinski definition) is 1. The summed E-state index contributed by atoms with van der Waals surface area (Å²) in [5, 5.41) is 0. The van der Waals surface area contributed by atoms with Gasteiger partial charge in [0.05, 0.1) is 5.69 Å². The highest BCUT2D eigenvalue weighted by Crippen LogP contribution is 2.32. The highest BCUT2D eigenvalue weighted by molar-refractivity contribution is 5.37. The summed E-state index contributed by atoms with van der Waals surface area (Å²) in [6.07, 6.45) is 11.5. The van der Waals surface area contributed by atoms with Crippen LogP contribution in [0.15, 0.2) is 12.8 Å². The second-order valence-corrected chi connectivity index (χ2v) is 5.10. The average Bonchev–Trinajstić information content (AvgIpc) is 2.83. The maximum atomic E-state index is 4.60. The van der Waals surface area contributed by atoms with E-state index in [1.165, 1.54) is 37.8 Å². The van der Waals surface area contributed by atoms with E-state index in [1.54, 1.807) is 6.08 Å². The van der Waals surface area contributed by atoms with E-state index in [9.17, 15) is 0 Å². The van der Waals surface area contributed by atoms with Crippen LogP contribution in [0.1, 0.15) is 70.8 Å². The van der Waals surface area contributed by atoms with Gasteiger partial charge in [-0.2, -0.15) is 0 Å². The zero-order valence-electron chi connectivity index (χ0n) is 11.6. The summed E-state index contributed by atoms with van der Waals surface area (Å²) in [4.78, 5) is 7.76. The number of aromatic amines is 1. The molecule has 17 heavy (non-hydrogen) atoms. The zero-order chi connectivity index (χ0) is 12.7. The molecule has 1 atom stereocenters. The van der Waals surface area contributed by atoms with Crippen molar-refractivity contribution in [1.29, 1.82) is 0 Å². The normalized spacial score (nSPS) is 14.5. The molecule has 0 aliphatic heterocycles. The number of H-pyrrole nitrogens is 1. The molecule has 2 nitrogen and oxygen atoms in total. The number of nitrogens with one attached hydrogen (secondary N) is 1. The Bertz CT molecular complexity index is 340. The van der Waals surface area contributed by atoms with E-state index >= 15 is 0 Å². The van der Waals surface area contributed by atoms with Crippen molar-refractivity contribution >= 4 is 6.08 Å². The van der Waals surface area contributed by atoms with Gasteiger partial charge in [-0.15, -0.1) is 0 Å². The van der Waals surface area contributed by atoms with E-state index in [2.05, 4.69) is 37.3 Å². The Balaban J connectivity index is 2.63. The topological polar surface area (TPSA) is 28.7 Å². The van der Waals surface area contributed by atoms with Crippen LogP contribution < -0.4 is 0 Å². The van der Waals surface area contributed by atoms with Crippen LogP contribution in [0.25, 0.3) is 6.08 Å². The van der Waals surface area contributed by atoms with Crippen molar-refractivity contribution in [2.45, 2.75) is 64.7 Å². The van der Waals surface area contributed by atoms with Crippen LogP contribution in [-0.2, 0) is 5.41 Å². The van der Waals surface area contributed by atoms with Gasteiger partial charge in [-0.05, 0) is 18.9 Å². The van der Waals surface area contributed by atoms with Gasteiger partial charge in [0.15, 0.2) is 0 Å². The quantitative estimate of drug-likeness (QED) is 0.649. The molecule has 1 rings (SSSR count). The van der Waals surface area contributed by atoms with Crippen molar-refractivity contribution in [1.82, 2.24) is 9.97 Å². The maximum absolute atomic E-state index is 4.60. The van der Waals surface area contributed by atoms with Gasteiger partial charge in [0.1, 0.15) is 5.82 Å². The van der Waals surface area contributed by atoms with Crippen LogP contribution in [0, 0.1) is 0 Å². The summed E-state index contributed by atoms with van der Waals surface area (Å²) in [7, 11) is 0. The minimum atomic E-state index is 0.214. The molecule has 1 aromatic heterocycles. The summed E-state index contributed by atoms with van der Waals surface area (Å²) >= 11 is 0. The van der Waals surface area contributed by atoms with Gasteiger partial charge in [-0.1, -0.05) is 53.0 Å². The molecular weight excluding hydrogens is 208 g/mol. The molecule has 96 valence electrons. The Kier molecular flexibility index (Phi) is 5.46. The molecule has 1 aromatic rings. The standard InChI is InChI=1S/C15H26N2/c1-5-8-9-10-11-15(4,7-3)13-12-16-14(6-2)17-13/h6,12H,2,5,7-11H2,1,3-4H3,(H,16,17). The van der Waals surface area contributed by atoms with E-state index in [0.717, 1.165) is 12.2 Å². The zero-order valence-corrected chi connectivity index (χ0v) is 11.6. The second kappa shape index (κ2) is 6.63. The van der Waals surface area contributed by atoms with Gasteiger partial charge in [0.2, 0.25) is 0 Å². The van der Waals surface area contributed by atoms with Crippen LogP contribution in [0.2, 0.25) is 0 Å². The molecule has 0 fully saturated rings. The number of aromatic nitrogens is 2. The van der Waals surface area contributed by atoms with Gasteiger partial charge in [0.25, 0.3) is 0 Å². The van der Waals surface area contributed by atoms with Crippen molar-refractivity contribution in [2.75, 3.05) is 0 Å². The first-order valence-corrected chi connectivity index (χ1v) is 6.84. The van der Waals surface area contributed by atoms with Crippen molar-refractivity contribution in [3.63, 3.8) is 0 Å². The smallest absolute Gasteiger partial charge is 0.129 e. The van der Waals surface area contributed by atoms with Crippen LogP contribution in [0.5, 0.6) is 0 Å². The first kappa shape index (κ1) is 14.0. The molecule has 2 heteroatoms. The minimum absolute atomic E-state index is 0.214. The van der Waals surface area contributed by atoms with E-state index in [1.807, 2.05) is 6.20 Å². The summed E-state index contributed by atoms with van der Waals surface area (Å²) < 4.78 is 0. The summed E-state index contributed by atoms with van der Waals surface area (Å²) in [6, 6.07) is 0. The average molecular weight is 234 g/mol. The fourth-order valence-electron chi connectivity index (χ4n) is 2.18. The highest BCUT2D eigenvalue weighted by atomic mass is 14.9. The number of hydrogen-bond donors (Lipinski definition) is 1. The molecule has 1 N–H and O–H groups in total. The van der Waals surface area contributed by atoms with Gasteiger partial charge in [-0.3, -0.25) is 0 Å². The van der Waals surface area contributed by atoms with Gasteiger partial charge < -0.3 is 4.98 Å². The fourth-order valence-corrected chi connectivity index (χ4v) is 2.18. The lowest BCUT2D eigenvalue weighted by Gasteiger charge is -2.26. The molecule has 0 saturated heterocycles. The number of rotatable bonds is 8. The predicted octanol–water partition coefficient (Wildman–Crippen LogP) is 4.69. The van der Waals surface area contributed by atoms with E-state index < -0.39 is 0 Å². The number of nitrogens with zero attached hydrogens (tertiary/aromatic N) is 1. The van der Waals surface area contributed by atoms with Crippen LogP contribution in [0.3, 0.4) is 0 Å². The third-order valence-electron chi connectivity index (χ3n) is 3.77. The SMILES string of the molecule is C=Cc1nc(C(C)(CC)CCCCCC)c[nH]1. The predicted molar refractivity (Wildman–Crippen MR) is 75.1 cm³/mol. The Hall–Kier alpha value is -1.05. The fraction of sp³-hybridized carbons (Fsp3) is 0.667. The maximum Gasteiger partial charge on any atom is 0.129 e. The van der Waals surface area contributed by atoms with Gasteiger partial charge in [0, 0.05) is 11.6 Å².